The number of carbonyl (C=O) groups is 1. The molecule has 1 aromatic carbocycles. The molecule has 0 fully saturated rings. The molecule has 4 nitrogen and oxygen atoms in total. The zero-order valence-electron chi connectivity index (χ0n) is 13.2. The van der Waals surface area contributed by atoms with E-state index in [4.69, 9.17) is 12.2 Å². The highest BCUT2D eigenvalue weighted by molar-refractivity contribution is 7.71. The van der Waals surface area contributed by atoms with Crippen LogP contribution in [-0.4, -0.2) is 15.5 Å². The molecule has 4 rings (SSSR count). The number of rotatable bonds is 1. The van der Waals surface area contributed by atoms with Gasteiger partial charge in [-0.2, -0.15) is 0 Å². The number of benzene rings is 1. The summed E-state index contributed by atoms with van der Waals surface area (Å²) < 4.78 is 1.27. The number of hydrogen-bond acceptors (Lipinski definition) is 4. The highest BCUT2D eigenvalue weighted by Crippen LogP contribution is 2.33. The average molecular weight is 356 g/mol. The molecule has 1 aliphatic rings. The normalized spacial score (nSPS) is 13.9. The van der Waals surface area contributed by atoms with Crippen LogP contribution in [0.3, 0.4) is 0 Å². The van der Waals surface area contributed by atoms with Gasteiger partial charge in [-0.3, -0.25) is 9.59 Å². The van der Waals surface area contributed by atoms with Crippen molar-refractivity contribution in [2.45, 2.75) is 32.6 Å². The molecular formula is C18H16N2O2S2. The number of nitrogens with zero attached hydrogens (tertiary/aromatic N) is 1. The van der Waals surface area contributed by atoms with Gasteiger partial charge in [-0.15, -0.1) is 11.3 Å². The number of nitrogens with one attached hydrogen (secondary N) is 1. The van der Waals surface area contributed by atoms with Gasteiger partial charge in [0.15, 0.2) is 4.77 Å². The average Bonchev–Trinajstić information content (AvgIpc) is 2.92. The van der Waals surface area contributed by atoms with Crippen LogP contribution in [0, 0.1) is 11.7 Å². The molecule has 0 bridgehead atoms. The number of aromatic nitrogens is 2. The Hall–Kier alpha value is -2.05. The van der Waals surface area contributed by atoms with Crippen molar-refractivity contribution in [2.24, 2.45) is 0 Å². The van der Waals surface area contributed by atoms with Gasteiger partial charge in [0, 0.05) is 10.4 Å². The summed E-state index contributed by atoms with van der Waals surface area (Å²) in [5.41, 5.74) is 2.25. The van der Waals surface area contributed by atoms with E-state index < -0.39 is 0 Å². The maximum atomic E-state index is 13.0. The van der Waals surface area contributed by atoms with Gasteiger partial charge in [0.05, 0.1) is 5.39 Å². The summed E-state index contributed by atoms with van der Waals surface area (Å²) in [5.74, 6) is -0.373. The largest absolute Gasteiger partial charge is 0.323 e. The molecular weight excluding hydrogens is 340 g/mol. The number of fused-ring (bicyclic) bond motifs is 3. The summed E-state index contributed by atoms with van der Waals surface area (Å²) in [4.78, 5) is 31.0. The minimum atomic E-state index is -0.373. The molecule has 0 spiro atoms. The second-order valence-electron chi connectivity index (χ2n) is 6.16. The molecule has 0 saturated heterocycles. The molecule has 1 N–H and O–H groups in total. The van der Waals surface area contributed by atoms with E-state index in [0.29, 0.717) is 10.9 Å². The Balaban J connectivity index is 1.97. The minimum Gasteiger partial charge on any atom is -0.323 e. The molecule has 3 aromatic rings. The van der Waals surface area contributed by atoms with Gasteiger partial charge < -0.3 is 4.98 Å². The van der Waals surface area contributed by atoms with Crippen LogP contribution in [0.25, 0.3) is 10.2 Å². The van der Waals surface area contributed by atoms with E-state index in [1.165, 1.54) is 4.88 Å². The van der Waals surface area contributed by atoms with Crippen LogP contribution in [-0.2, 0) is 12.8 Å². The summed E-state index contributed by atoms with van der Waals surface area (Å²) in [6, 6.07) is 7.21. The maximum Gasteiger partial charge on any atom is 0.270 e. The molecule has 2 aromatic heterocycles. The molecule has 2 heterocycles. The van der Waals surface area contributed by atoms with E-state index >= 15 is 0 Å². The highest BCUT2D eigenvalue weighted by atomic mass is 32.1. The number of aromatic amines is 1. The molecule has 6 heteroatoms. The standard InChI is InChI=1S/C18H16N2O2S2/c1-10-5-4-6-11(9-10)16(21)20-17(22)14-12-7-2-3-8-13(12)24-15(14)19-18(20)23/h4-6,9H,2-3,7-8H2,1H3,(H,19,23). The van der Waals surface area contributed by atoms with Gasteiger partial charge in [0.1, 0.15) is 4.83 Å². The third kappa shape index (κ3) is 2.37. The monoisotopic (exact) mass is 356 g/mol. The fourth-order valence-electron chi connectivity index (χ4n) is 3.33. The van der Waals surface area contributed by atoms with Crippen molar-refractivity contribution in [1.29, 1.82) is 0 Å². The second kappa shape index (κ2) is 5.79. The first-order valence-electron chi connectivity index (χ1n) is 7.97. The zero-order valence-corrected chi connectivity index (χ0v) is 14.9. The quantitative estimate of drug-likeness (QED) is 0.671. The lowest BCUT2D eigenvalue weighted by atomic mass is 9.97. The molecule has 0 atom stereocenters. The van der Waals surface area contributed by atoms with Crippen molar-refractivity contribution in [3.8, 4) is 0 Å². The lowest BCUT2D eigenvalue weighted by Gasteiger charge is -2.10. The van der Waals surface area contributed by atoms with Gasteiger partial charge in [-0.25, -0.2) is 4.57 Å². The summed E-state index contributed by atoms with van der Waals surface area (Å²) >= 11 is 6.91. The lowest BCUT2D eigenvalue weighted by molar-refractivity contribution is 0.0953. The van der Waals surface area contributed by atoms with Crippen LogP contribution in [0.5, 0.6) is 0 Å². The third-order valence-corrected chi connectivity index (χ3v) is 5.97. The van der Waals surface area contributed by atoms with Crippen molar-refractivity contribution < 1.29 is 4.79 Å². The number of carbonyl (C=O) groups excluding carboxylic acids is 1. The maximum absolute atomic E-state index is 13.0. The first-order valence-corrected chi connectivity index (χ1v) is 9.19. The van der Waals surface area contributed by atoms with E-state index in [2.05, 4.69) is 4.98 Å². The fraction of sp³-hybridized carbons (Fsp3) is 0.278. The van der Waals surface area contributed by atoms with E-state index in [9.17, 15) is 9.59 Å². The molecule has 24 heavy (non-hydrogen) atoms. The number of hydrogen-bond donors (Lipinski definition) is 1. The van der Waals surface area contributed by atoms with Gasteiger partial charge in [0.2, 0.25) is 0 Å². The molecule has 0 radical (unpaired) electrons. The summed E-state index contributed by atoms with van der Waals surface area (Å²) in [7, 11) is 0. The van der Waals surface area contributed by atoms with Crippen LogP contribution in [0.2, 0.25) is 0 Å². The molecule has 0 unspecified atom stereocenters. The summed E-state index contributed by atoms with van der Waals surface area (Å²) in [5, 5.41) is 0.643. The van der Waals surface area contributed by atoms with Crippen molar-refractivity contribution in [2.75, 3.05) is 0 Å². The van der Waals surface area contributed by atoms with Crippen LogP contribution in [0.1, 0.15) is 39.2 Å². The lowest BCUT2D eigenvalue weighted by Crippen LogP contribution is -2.29. The van der Waals surface area contributed by atoms with E-state index in [1.807, 2.05) is 19.1 Å². The van der Waals surface area contributed by atoms with E-state index in [0.717, 1.165) is 46.2 Å². The van der Waals surface area contributed by atoms with Crippen molar-refractivity contribution in [3.63, 3.8) is 0 Å². The van der Waals surface area contributed by atoms with E-state index in [1.54, 1.807) is 23.5 Å². The number of thiophene rings is 1. The topological polar surface area (TPSA) is 54.9 Å². The number of aryl methyl sites for hydroxylation is 3. The van der Waals surface area contributed by atoms with Crippen LogP contribution < -0.4 is 5.56 Å². The molecule has 0 aliphatic heterocycles. The van der Waals surface area contributed by atoms with Gasteiger partial charge in [0.25, 0.3) is 11.5 Å². The van der Waals surface area contributed by atoms with Crippen molar-refractivity contribution in [3.05, 3.63) is 61.0 Å². The Morgan fingerprint density at radius 1 is 1.29 bits per heavy atom. The van der Waals surface area contributed by atoms with Gasteiger partial charge in [-0.05, 0) is 62.5 Å². The Kier molecular flexibility index (Phi) is 3.73. The van der Waals surface area contributed by atoms with Gasteiger partial charge in [-0.1, -0.05) is 17.7 Å². The Bertz CT molecular complexity index is 1090. The van der Waals surface area contributed by atoms with Crippen LogP contribution >= 0.6 is 23.6 Å². The SMILES string of the molecule is Cc1cccc(C(=O)n2c(=S)[nH]c3sc4c(c3c2=O)CCCC4)c1. The summed E-state index contributed by atoms with van der Waals surface area (Å²) in [6.45, 7) is 1.92. The van der Waals surface area contributed by atoms with Crippen LogP contribution in [0.15, 0.2) is 29.1 Å². The first-order chi connectivity index (χ1) is 11.6. The Labute approximate surface area is 147 Å². The second-order valence-corrected chi connectivity index (χ2v) is 7.65. The molecule has 0 saturated carbocycles. The number of H-pyrrole nitrogens is 1. The smallest absolute Gasteiger partial charge is 0.270 e. The molecule has 122 valence electrons. The van der Waals surface area contributed by atoms with E-state index in [-0.39, 0.29) is 16.2 Å². The van der Waals surface area contributed by atoms with Crippen molar-refractivity contribution >= 4 is 39.7 Å². The first kappa shape index (κ1) is 15.5. The Morgan fingerprint density at radius 3 is 2.88 bits per heavy atom. The van der Waals surface area contributed by atoms with Gasteiger partial charge >= 0.3 is 0 Å². The zero-order chi connectivity index (χ0) is 16.8. The Morgan fingerprint density at radius 2 is 2.08 bits per heavy atom. The van der Waals surface area contributed by atoms with Crippen LogP contribution in [0.4, 0.5) is 0 Å². The predicted octanol–water partition coefficient (Wildman–Crippen LogP) is 4.00. The predicted molar refractivity (Wildman–Crippen MR) is 98.8 cm³/mol. The minimum absolute atomic E-state index is 0.164. The summed E-state index contributed by atoms with van der Waals surface area (Å²) in [6.07, 6.45) is 4.13. The molecule has 0 amide bonds. The van der Waals surface area contributed by atoms with Crippen molar-refractivity contribution in [1.82, 2.24) is 9.55 Å². The molecule has 1 aliphatic carbocycles. The fourth-order valence-corrected chi connectivity index (χ4v) is 4.94. The third-order valence-electron chi connectivity index (χ3n) is 4.48. The highest BCUT2D eigenvalue weighted by Gasteiger charge is 2.22.